The number of nitrogens with one attached hydrogen (secondary N) is 1. The van der Waals surface area contributed by atoms with Crippen LogP contribution in [0, 0.1) is 6.92 Å². The van der Waals surface area contributed by atoms with E-state index in [2.05, 4.69) is 20.4 Å². The fraction of sp³-hybridized carbons (Fsp3) is 0.278. The van der Waals surface area contributed by atoms with Crippen molar-refractivity contribution in [3.63, 3.8) is 0 Å². The van der Waals surface area contributed by atoms with Gasteiger partial charge >= 0.3 is 0 Å². The van der Waals surface area contributed by atoms with E-state index in [9.17, 15) is 9.59 Å². The van der Waals surface area contributed by atoms with Gasteiger partial charge in [0, 0.05) is 32.5 Å². The van der Waals surface area contributed by atoms with Gasteiger partial charge in [0.15, 0.2) is 5.13 Å². The van der Waals surface area contributed by atoms with E-state index in [1.165, 1.54) is 4.90 Å². The van der Waals surface area contributed by atoms with E-state index in [0.29, 0.717) is 33.8 Å². The number of thiazole rings is 1. The summed E-state index contributed by atoms with van der Waals surface area (Å²) in [6, 6.07) is 9.47. The highest BCUT2D eigenvalue weighted by molar-refractivity contribution is 7.17. The molecule has 2 heterocycles. The molecule has 0 unspecified atom stereocenters. The zero-order valence-electron chi connectivity index (χ0n) is 15.2. The second-order valence-corrected chi connectivity index (χ2v) is 7.06. The maximum atomic E-state index is 12.2. The van der Waals surface area contributed by atoms with Gasteiger partial charge in [-0.25, -0.2) is 4.98 Å². The Kier molecular flexibility index (Phi) is 5.60. The SMILES string of the molecule is Cc1nc(NC(=O)CCc2nc(-c3ccccc3)no2)sc1C(=O)N(C)C. The lowest BCUT2D eigenvalue weighted by molar-refractivity contribution is -0.116. The van der Waals surface area contributed by atoms with Crippen molar-refractivity contribution in [3.8, 4) is 11.4 Å². The molecule has 1 aromatic carbocycles. The van der Waals surface area contributed by atoms with Gasteiger partial charge in [-0.1, -0.05) is 46.8 Å². The smallest absolute Gasteiger partial charge is 0.265 e. The van der Waals surface area contributed by atoms with Crippen LogP contribution in [0.15, 0.2) is 34.9 Å². The van der Waals surface area contributed by atoms with E-state index in [4.69, 9.17) is 4.52 Å². The van der Waals surface area contributed by atoms with E-state index in [1.807, 2.05) is 30.3 Å². The standard InChI is InChI=1S/C18H19N5O3S/c1-11-15(17(25)23(2)3)27-18(19-11)20-13(24)9-10-14-21-16(22-26-14)12-7-5-4-6-8-12/h4-8H,9-10H2,1-3H3,(H,19,20,24). The first-order valence-electron chi connectivity index (χ1n) is 8.31. The van der Waals surface area contributed by atoms with Crippen LogP contribution in [0.25, 0.3) is 11.4 Å². The second kappa shape index (κ2) is 8.09. The van der Waals surface area contributed by atoms with Gasteiger partial charge in [-0.2, -0.15) is 4.98 Å². The molecule has 27 heavy (non-hydrogen) atoms. The summed E-state index contributed by atoms with van der Waals surface area (Å²) in [5.74, 6) is 0.521. The maximum Gasteiger partial charge on any atom is 0.265 e. The number of amides is 2. The first-order chi connectivity index (χ1) is 12.9. The summed E-state index contributed by atoms with van der Waals surface area (Å²) < 4.78 is 5.20. The highest BCUT2D eigenvalue weighted by Crippen LogP contribution is 2.24. The van der Waals surface area contributed by atoms with Crippen molar-refractivity contribution < 1.29 is 14.1 Å². The Morgan fingerprint density at radius 1 is 1.19 bits per heavy atom. The van der Waals surface area contributed by atoms with E-state index in [0.717, 1.165) is 16.9 Å². The Balaban J connectivity index is 1.57. The van der Waals surface area contributed by atoms with Crippen molar-refractivity contribution >= 4 is 28.3 Å². The molecule has 9 heteroatoms. The molecular weight excluding hydrogens is 366 g/mol. The molecule has 140 valence electrons. The van der Waals surface area contributed by atoms with Crippen LogP contribution in [0.4, 0.5) is 5.13 Å². The Bertz CT molecular complexity index is 949. The summed E-state index contributed by atoms with van der Waals surface area (Å²) in [5, 5.41) is 7.04. The van der Waals surface area contributed by atoms with Crippen molar-refractivity contribution in [2.45, 2.75) is 19.8 Å². The van der Waals surface area contributed by atoms with Crippen LogP contribution in [0.5, 0.6) is 0 Å². The molecule has 0 aliphatic rings. The minimum absolute atomic E-state index is 0.134. The molecule has 2 amide bonds. The van der Waals surface area contributed by atoms with Crippen LogP contribution in [0.2, 0.25) is 0 Å². The minimum atomic E-state index is -0.230. The van der Waals surface area contributed by atoms with Gasteiger partial charge in [0.1, 0.15) is 4.88 Å². The molecule has 1 N–H and O–H groups in total. The van der Waals surface area contributed by atoms with Crippen molar-refractivity contribution in [1.82, 2.24) is 20.0 Å². The highest BCUT2D eigenvalue weighted by Gasteiger charge is 2.18. The number of hydrogen-bond acceptors (Lipinski definition) is 7. The Morgan fingerprint density at radius 2 is 1.93 bits per heavy atom. The van der Waals surface area contributed by atoms with Crippen LogP contribution < -0.4 is 5.32 Å². The Hall–Kier alpha value is -3.07. The number of carbonyl (C=O) groups is 2. The monoisotopic (exact) mass is 385 g/mol. The van der Waals surface area contributed by atoms with E-state index >= 15 is 0 Å². The molecule has 0 bridgehead atoms. The van der Waals surface area contributed by atoms with Crippen molar-refractivity contribution in [2.75, 3.05) is 19.4 Å². The molecule has 0 spiro atoms. The van der Waals surface area contributed by atoms with Crippen molar-refractivity contribution in [2.24, 2.45) is 0 Å². The third-order valence-corrected chi connectivity index (χ3v) is 4.77. The number of aromatic nitrogens is 3. The predicted octanol–water partition coefficient (Wildman–Crippen LogP) is 2.77. The molecular formula is C18H19N5O3S. The van der Waals surface area contributed by atoms with Crippen LogP contribution >= 0.6 is 11.3 Å². The summed E-state index contributed by atoms with van der Waals surface area (Å²) >= 11 is 1.16. The van der Waals surface area contributed by atoms with Gasteiger partial charge in [0.25, 0.3) is 5.91 Å². The van der Waals surface area contributed by atoms with Gasteiger partial charge in [0.05, 0.1) is 5.69 Å². The molecule has 3 aromatic rings. The summed E-state index contributed by atoms with van der Waals surface area (Å²) in [6.45, 7) is 1.74. The molecule has 3 rings (SSSR count). The fourth-order valence-electron chi connectivity index (χ4n) is 2.31. The van der Waals surface area contributed by atoms with E-state index in [1.54, 1.807) is 21.0 Å². The third-order valence-electron chi connectivity index (χ3n) is 3.71. The summed E-state index contributed by atoms with van der Waals surface area (Å²) in [7, 11) is 3.35. The third kappa shape index (κ3) is 4.56. The number of benzene rings is 1. The van der Waals surface area contributed by atoms with Gasteiger partial charge in [-0.3, -0.25) is 9.59 Å². The van der Waals surface area contributed by atoms with Gasteiger partial charge < -0.3 is 14.7 Å². The average Bonchev–Trinajstić information content (AvgIpc) is 3.26. The molecule has 0 fully saturated rings. The highest BCUT2D eigenvalue weighted by atomic mass is 32.1. The normalized spacial score (nSPS) is 10.6. The van der Waals surface area contributed by atoms with Crippen molar-refractivity contribution in [3.05, 3.63) is 46.8 Å². The zero-order chi connectivity index (χ0) is 19.4. The minimum Gasteiger partial charge on any atom is -0.344 e. The molecule has 0 aliphatic carbocycles. The first-order valence-corrected chi connectivity index (χ1v) is 9.12. The maximum absolute atomic E-state index is 12.2. The summed E-state index contributed by atoms with van der Waals surface area (Å²) in [5.41, 5.74) is 1.45. The number of rotatable bonds is 6. The number of nitrogens with zero attached hydrogens (tertiary/aromatic N) is 4. The van der Waals surface area contributed by atoms with E-state index < -0.39 is 0 Å². The topological polar surface area (TPSA) is 101 Å². The Morgan fingerprint density at radius 3 is 2.63 bits per heavy atom. The quantitative estimate of drug-likeness (QED) is 0.700. The molecule has 2 aromatic heterocycles. The number of carbonyl (C=O) groups excluding carboxylic acids is 2. The number of anilines is 1. The second-order valence-electron chi connectivity index (χ2n) is 6.06. The molecule has 0 saturated heterocycles. The van der Waals surface area contributed by atoms with E-state index in [-0.39, 0.29) is 18.2 Å². The first kappa shape index (κ1) is 18.7. The lowest BCUT2D eigenvalue weighted by Crippen LogP contribution is -2.21. The number of aryl methyl sites for hydroxylation is 2. The fourth-order valence-corrected chi connectivity index (χ4v) is 3.32. The molecule has 0 saturated carbocycles. The lowest BCUT2D eigenvalue weighted by atomic mass is 10.2. The van der Waals surface area contributed by atoms with Gasteiger partial charge in [-0.15, -0.1) is 0 Å². The summed E-state index contributed by atoms with van der Waals surface area (Å²) in [4.78, 5) is 34.7. The van der Waals surface area contributed by atoms with Crippen LogP contribution in [0.3, 0.4) is 0 Å². The lowest BCUT2D eigenvalue weighted by Gasteiger charge is -2.07. The molecule has 0 atom stereocenters. The van der Waals surface area contributed by atoms with Crippen LogP contribution in [-0.4, -0.2) is 45.9 Å². The van der Waals surface area contributed by atoms with Crippen molar-refractivity contribution in [1.29, 1.82) is 0 Å². The molecule has 0 radical (unpaired) electrons. The Labute approximate surface area is 160 Å². The average molecular weight is 385 g/mol. The summed E-state index contributed by atoms with van der Waals surface area (Å²) in [6.07, 6.45) is 0.492. The van der Waals surface area contributed by atoms with Crippen LogP contribution in [0.1, 0.15) is 27.7 Å². The zero-order valence-corrected chi connectivity index (χ0v) is 16.0. The van der Waals surface area contributed by atoms with Gasteiger partial charge in [-0.05, 0) is 6.92 Å². The molecule has 8 nitrogen and oxygen atoms in total. The van der Waals surface area contributed by atoms with Gasteiger partial charge in [0.2, 0.25) is 17.6 Å². The molecule has 0 aliphatic heterocycles. The van der Waals surface area contributed by atoms with Crippen LogP contribution in [-0.2, 0) is 11.2 Å². The largest absolute Gasteiger partial charge is 0.344 e. The number of hydrogen-bond donors (Lipinski definition) is 1. The predicted molar refractivity (Wildman–Crippen MR) is 102 cm³/mol.